The minimum atomic E-state index is -1.36. The molecule has 0 aromatic heterocycles. The summed E-state index contributed by atoms with van der Waals surface area (Å²) in [5.41, 5.74) is 5.35. The van der Waals surface area contributed by atoms with Gasteiger partial charge < -0.3 is 16.2 Å². The summed E-state index contributed by atoms with van der Waals surface area (Å²) >= 11 is 2.03. The summed E-state index contributed by atoms with van der Waals surface area (Å²) in [7, 11) is 0. The number of amides is 2. The first-order valence-electron chi connectivity index (χ1n) is 4.52. The molecule has 0 aliphatic rings. The normalized spacial score (nSPS) is 11.9. The molecule has 0 saturated heterocycles. The zero-order valence-corrected chi connectivity index (χ0v) is 10.5. The third-order valence-corrected chi connectivity index (χ3v) is 2.84. The molecule has 1 unspecified atom stereocenters. The Kier molecular flexibility index (Phi) is 4.69. The summed E-state index contributed by atoms with van der Waals surface area (Å²) < 4.78 is 0.797. The van der Waals surface area contributed by atoms with E-state index in [2.05, 4.69) is 5.32 Å². The molecule has 5 nitrogen and oxygen atoms in total. The second kappa shape index (κ2) is 5.80. The Morgan fingerprint density at radius 1 is 1.44 bits per heavy atom. The van der Waals surface area contributed by atoms with E-state index in [9.17, 15) is 9.59 Å². The highest BCUT2D eigenvalue weighted by Crippen LogP contribution is 2.10. The number of primary amides is 1. The van der Waals surface area contributed by atoms with E-state index in [-0.39, 0.29) is 12.5 Å². The molecular formula is C10H11IN2O3. The molecule has 0 aliphatic carbocycles. The molecule has 1 aromatic carbocycles. The Labute approximate surface area is 106 Å². The van der Waals surface area contributed by atoms with Crippen LogP contribution in [0.2, 0.25) is 0 Å². The Morgan fingerprint density at radius 2 is 2.06 bits per heavy atom. The van der Waals surface area contributed by atoms with Gasteiger partial charge in [0.2, 0.25) is 5.91 Å². The topological polar surface area (TPSA) is 92.4 Å². The largest absolute Gasteiger partial charge is 0.381 e. The van der Waals surface area contributed by atoms with E-state index >= 15 is 0 Å². The van der Waals surface area contributed by atoms with Crippen LogP contribution in [0.5, 0.6) is 0 Å². The Balaban J connectivity index is 2.60. The average Bonchev–Trinajstić information content (AvgIpc) is 2.25. The van der Waals surface area contributed by atoms with Crippen LogP contribution >= 0.6 is 22.6 Å². The van der Waals surface area contributed by atoms with E-state index in [4.69, 9.17) is 10.8 Å². The van der Waals surface area contributed by atoms with Crippen molar-refractivity contribution in [2.24, 2.45) is 5.73 Å². The molecule has 0 fully saturated rings. The van der Waals surface area contributed by atoms with Crippen LogP contribution in [0.25, 0.3) is 0 Å². The van der Waals surface area contributed by atoms with Crippen molar-refractivity contribution in [3.8, 4) is 0 Å². The fraction of sp³-hybridized carbons (Fsp3) is 0.200. The van der Waals surface area contributed by atoms with Crippen molar-refractivity contribution in [3.63, 3.8) is 0 Å². The first-order valence-corrected chi connectivity index (χ1v) is 5.60. The van der Waals surface area contributed by atoms with Crippen molar-refractivity contribution in [1.82, 2.24) is 5.32 Å². The molecule has 1 aromatic rings. The number of benzene rings is 1. The number of carbonyl (C=O) groups excluding carboxylic acids is 2. The monoisotopic (exact) mass is 334 g/mol. The van der Waals surface area contributed by atoms with Gasteiger partial charge in [0.1, 0.15) is 6.10 Å². The van der Waals surface area contributed by atoms with Crippen LogP contribution in [0.15, 0.2) is 24.3 Å². The predicted molar refractivity (Wildman–Crippen MR) is 66.7 cm³/mol. The van der Waals surface area contributed by atoms with E-state index in [0.29, 0.717) is 5.56 Å². The number of carbonyl (C=O) groups is 2. The summed E-state index contributed by atoms with van der Waals surface area (Å²) in [6, 6.07) is 7.01. The van der Waals surface area contributed by atoms with Crippen molar-refractivity contribution in [2.75, 3.05) is 6.54 Å². The minimum Gasteiger partial charge on any atom is -0.381 e. The fourth-order valence-corrected chi connectivity index (χ4v) is 1.66. The molecule has 2 amide bonds. The summed E-state index contributed by atoms with van der Waals surface area (Å²) in [5.74, 6) is -1.20. The van der Waals surface area contributed by atoms with Crippen molar-refractivity contribution in [1.29, 1.82) is 0 Å². The lowest BCUT2D eigenvalue weighted by Gasteiger charge is -2.09. The highest BCUT2D eigenvalue weighted by Gasteiger charge is 2.14. The molecule has 0 saturated carbocycles. The molecule has 4 N–H and O–H groups in total. The van der Waals surface area contributed by atoms with Crippen LogP contribution in [0.3, 0.4) is 0 Å². The minimum absolute atomic E-state index is 0.181. The smallest absolute Gasteiger partial charge is 0.252 e. The summed E-state index contributed by atoms with van der Waals surface area (Å²) in [6.07, 6.45) is -1.36. The Bertz CT molecular complexity index is 409. The van der Waals surface area contributed by atoms with Gasteiger partial charge in [-0.1, -0.05) is 12.1 Å². The number of aliphatic hydroxyl groups excluding tert-OH is 1. The number of rotatable bonds is 4. The van der Waals surface area contributed by atoms with Crippen LogP contribution in [-0.2, 0) is 4.79 Å². The third kappa shape index (κ3) is 3.46. The zero-order valence-electron chi connectivity index (χ0n) is 8.31. The number of hydrogen-bond acceptors (Lipinski definition) is 3. The van der Waals surface area contributed by atoms with Gasteiger partial charge in [0, 0.05) is 3.57 Å². The van der Waals surface area contributed by atoms with E-state index in [1.165, 1.54) is 0 Å². The SMILES string of the molecule is NC(=O)C(O)CNC(=O)c1ccccc1I. The highest BCUT2D eigenvalue weighted by atomic mass is 127. The van der Waals surface area contributed by atoms with E-state index < -0.39 is 12.0 Å². The number of nitrogens with one attached hydrogen (secondary N) is 1. The molecule has 0 heterocycles. The first-order chi connectivity index (χ1) is 7.52. The number of hydrogen-bond donors (Lipinski definition) is 3. The standard InChI is InChI=1S/C10H11IN2O3/c11-7-4-2-1-3-6(7)10(16)13-5-8(14)9(12)15/h1-4,8,14H,5H2,(H2,12,15)(H,13,16). The van der Waals surface area contributed by atoms with Crippen molar-refractivity contribution in [2.45, 2.75) is 6.10 Å². The van der Waals surface area contributed by atoms with Gasteiger partial charge >= 0.3 is 0 Å². The summed E-state index contributed by atoms with van der Waals surface area (Å²) in [5, 5.41) is 11.5. The zero-order chi connectivity index (χ0) is 12.1. The fourth-order valence-electron chi connectivity index (χ4n) is 1.03. The van der Waals surface area contributed by atoms with Crippen LogP contribution in [0, 0.1) is 3.57 Å². The van der Waals surface area contributed by atoms with Gasteiger partial charge in [-0.2, -0.15) is 0 Å². The van der Waals surface area contributed by atoms with Crippen LogP contribution < -0.4 is 11.1 Å². The lowest BCUT2D eigenvalue weighted by atomic mass is 10.2. The van der Waals surface area contributed by atoms with Gasteiger partial charge in [-0.05, 0) is 34.7 Å². The number of halogens is 1. The quantitative estimate of drug-likeness (QED) is 0.670. The summed E-state index contributed by atoms with van der Waals surface area (Å²) in [4.78, 5) is 22.1. The molecule has 1 rings (SSSR count). The lowest BCUT2D eigenvalue weighted by molar-refractivity contribution is -0.125. The average molecular weight is 334 g/mol. The highest BCUT2D eigenvalue weighted by molar-refractivity contribution is 14.1. The van der Waals surface area contributed by atoms with E-state index in [0.717, 1.165) is 3.57 Å². The number of nitrogens with two attached hydrogens (primary N) is 1. The van der Waals surface area contributed by atoms with Crippen LogP contribution in [0.4, 0.5) is 0 Å². The van der Waals surface area contributed by atoms with Crippen LogP contribution in [-0.4, -0.2) is 29.6 Å². The molecule has 6 heteroatoms. The van der Waals surface area contributed by atoms with Gasteiger partial charge in [-0.25, -0.2) is 0 Å². The first kappa shape index (κ1) is 12.9. The van der Waals surface area contributed by atoms with Gasteiger partial charge in [0.25, 0.3) is 5.91 Å². The van der Waals surface area contributed by atoms with Crippen molar-refractivity contribution < 1.29 is 14.7 Å². The maximum Gasteiger partial charge on any atom is 0.252 e. The number of aliphatic hydroxyl groups is 1. The van der Waals surface area contributed by atoms with E-state index in [1.54, 1.807) is 18.2 Å². The maximum atomic E-state index is 11.6. The van der Waals surface area contributed by atoms with Crippen molar-refractivity contribution in [3.05, 3.63) is 33.4 Å². The summed E-state index contributed by atoms with van der Waals surface area (Å²) in [6.45, 7) is -0.181. The molecular weight excluding hydrogens is 323 g/mol. The maximum absolute atomic E-state index is 11.6. The Hall–Kier alpha value is -1.15. The molecule has 0 aliphatic heterocycles. The molecule has 1 atom stereocenters. The molecule has 86 valence electrons. The van der Waals surface area contributed by atoms with E-state index in [1.807, 2.05) is 28.7 Å². The van der Waals surface area contributed by atoms with Gasteiger partial charge in [0.05, 0.1) is 12.1 Å². The van der Waals surface area contributed by atoms with Gasteiger partial charge in [0.15, 0.2) is 0 Å². The molecule has 0 bridgehead atoms. The molecule has 0 radical (unpaired) electrons. The Morgan fingerprint density at radius 3 is 2.62 bits per heavy atom. The molecule has 0 spiro atoms. The third-order valence-electron chi connectivity index (χ3n) is 1.90. The van der Waals surface area contributed by atoms with Crippen LogP contribution in [0.1, 0.15) is 10.4 Å². The molecule has 16 heavy (non-hydrogen) atoms. The van der Waals surface area contributed by atoms with Gasteiger partial charge in [-0.3, -0.25) is 9.59 Å². The second-order valence-corrected chi connectivity index (χ2v) is 4.27. The lowest BCUT2D eigenvalue weighted by Crippen LogP contribution is -2.40. The van der Waals surface area contributed by atoms with Gasteiger partial charge in [-0.15, -0.1) is 0 Å². The van der Waals surface area contributed by atoms with Crippen molar-refractivity contribution >= 4 is 34.4 Å². The predicted octanol–water partition coefficient (Wildman–Crippen LogP) is -0.133. The second-order valence-electron chi connectivity index (χ2n) is 3.11.